The minimum atomic E-state index is -5.17. The number of fused-ring (bicyclic) bond motifs is 5. The van der Waals surface area contributed by atoms with Crippen molar-refractivity contribution in [3.05, 3.63) is 29.3 Å². The molecule has 1 aromatic carbocycles. The van der Waals surface area contributed by atoms with Crippen LogP contribution in [0.3, 0.4) is 0 Å². The summed E-state index contributed by atoms with van der Waals surface area (Å²) in [6.45, 7) is 2.22. The van der Waals surface area contributed by atoms with Crippen LogP contribution in [0.25, 0.3) is 0 Å². The molecule has 0 aliphatic heterocycles. The first kappa shape index (κ1) is 27.4. The van der Waals surface area contributed by atoms with Gasteiger partial charge in [0.05, 0.1) is 0 Å². The summed E-state index contributed by atoms with van der Waals surface area (Å²) in [5, 5.41) is 20.6. The number of benzene rings is 1. The van der Waals surface area contributed by atoms with Crippen LogP contribution in [0.5, 0.6) is 5.75 Å². The standard InChI is InChI=1S/C20H24O2.2Na.H2O4S/c1-3-20(22)11-9-18-17-6-4-13-12-14(21)5-7-15(13)16(17)8-10-19(18,20)2;;;1-5(2,3)4/h1,5,7,12,16-18,21-22H,4,6,8-11H2,2H3;;;(H2,1,2,3,4)/q;2*+1;/p-2/t16-,17-,18+,19+,20+;;;/m1.../s1. The molecular formula is C20H24Na2O6S. The van der Waals surface area contributed by atoms with Gasteiger partial charge in [-0.05, 0) is 79.5 Å². The van der Waals surface area contributed by atoms with Crippen molar-refractivity contribution in [1.82, 2.24) is 0 Å². The molecule has 9 heteroatoms. The quantitative estimate of drug-likeness (QED) is 0.186. The van der Waals surface area contributed by atoms with Gasteiger partial charge in [0, 0.05) is 15.8 Å². The normalized spacial score (nSPS) is 34.5. The topological polar surface area (TPSA) is 121 Å². The Labute approximate surface area is 217 Å². The molecule has 0 saturated heterocycles. The molecule has 4 rings (SSSR count). The largest absolute Gasteiger partial charge is 1.00 e. The minimum Gasteiger partial charge on any atom is -0.759 e. The van der Waals surface area contributed by atoms with E-state index in [2.05, 4.69) is 18.9 Å². The molecule has 2 saturated carbocycles. The van der Waals surface area contributed by atoms with Crippen molar-refractivity contribution < 1.29 is 86.9 Å². The fourth-order valence-corrected chi connectivity index (χ4v) is 5.82. The molecule has 0 heterocycles. The van der Waals surface area contributed by atoms with Crippen LogP contribution in [0.15, 0.2) is 18.2 Å². The molecule has 2 fully saturated rings. The van der Waals surface area contributed by atoms with E-state index in [0.29, 0.717) is 23.5 Å². The maximum absolute atomic E-state index is 10.9. The van der Waals surface area contributed by atoms with Gasteiger partial charge in [-0.3, -0.25) is 8.42 Å². The van der Waals surface area contributed by atoms with Gasteiger partial charge in [0.15, 0.2) is 0 Å². The molecule has 0 amide bonds. The smallest absolute Gasteiger partial charge is 0.759 e. The van der Waals surface area contributed by atoms with E-state index < -0.39 is 16.0 Å². The van der Waals surface area contributed by atoms with Crippen LogP contribution < -0.4 is 59.1 Å². The molecule has 2 N–H and O–H groups in total. The van der Waals surface area contributed by atoms with Gasteiger partial charge in [-0.25, -0.2) is 0 Å². The summed E-state index contributed by atoms with van der Waals surface area (Å²) in [7, 11) is -5.17. The summed E-state index contributed by atoms with van der Waals surface area (Å²) in [6.07, 6.45) is 11.8. The van der Waals surface area contributed by atoms with Crippen LogP contribution >= 0.6 is 0 Å². The van der Waals surface area contributed by atoms with E-state index in [1.54, 1.807) is 0 Å². The number of hydrogen-bond acceptors (Lipinski definition) is 6. The monoisotopic (exact) mass is 438 g/mol. The number of hydrogen-bond donors (Lipinski definition) is 2. The first-order chi connectivity index (χ1) is 12.5. The molecule has 6 nitrogen and oxygen atoms in total. The number of aryl methyl sites for hydroxylation is 1. The van der Waals surface area contributed by atoms with Crippen molar-refractivity contribution in [3.63, 3.8) is 0 Å². The summed E-state index contributed by atoms with van der Waals surface area (Å²) >= 11 is 0. The van der Waals surface area contributed by atoms with Gasteiger partial charge in [0.25, 0.3) is 0 Å². The van der Waals surface area contributed by atoms with Crippen LogP contribution in [-0.2, 0) is 16.8 Å². The molecule has 0 bridgehead atoms. The molecule has 0 aromatic heterocycles. The third kappa shape index (κ3) is 5.43. The van der Waals surface area contributed by atoms with Gasteiger partial charge in [-0.2, -0.15) is 0 Å². The Morgan fingerprint density at radius 2 is 1.79 bits per heavy atom. The van der Waals surface area contributed by atoms with Crippen LogP contribution in [-0.4, -0.2) is 33.3 Å². The maximum Gasteiger partial charge on any atom is 1.00 e. The molecule has 0 unspecified atom stereocenters. The number of aliphatic hydroxyl groups is 1. The summed E-state index contributed by atoms with van der Waals surface area (Å²) in [4.78, 5) is 0. The van der Waals surface area contributed by atoms with E-state index in [-0.39, 0.29) is 64.5 Å². The van der Waals surface area contributed by atoms with Gasteiger partial charge in [0.2, 0.25) is 0 Å². The molecule has 1 aromatic rings. The van der Waals surface area contributed by atoms with Gasteiger partial charge in [0.1, 0.15) is 11.4 Å². The molecule has 5 atom stereocenters. The number of phenolic OH excluding ortho intramolecular Hbond substituents is 1. The number of terminal acetylenes is 1. The zero-order chi connectivity index (χ0) is 20.0. The maximum atomic E-state index is 10.9. The second-order valence-electron chi connectivity index (χ2n) is 8.21. The SMILES string of the molecule is C#C[C@]1(O)CC[C@H]2[C@@H]3CCc4cc(O)ccc4[C@H]3CC[C@@]21C.O=S(=O)([O-])[O-].[Na+].[Na+]. The second-order valence-corrected chi connectivity index (χ2v) is 9.02. The Morgan fingerprint density at radius 3 is 2.38 bits per heavy atom. The molecule has 29 heavy (non-hydrogen) atoms. The molecule has 3 aliphatic rings. The average Bonchev–Trinajstić information content (AvgIpc) is 2.85. The molecule has 3 aliphatic carbocycles. The van der Waals surface area contributed by atoms with Crippen molar-refractivity contribution in [1.29, 1.82) is 0 Å². The predicted octanol–water partition coefficient (Wildman–Crippen LogP) is -3.72. The molecular weight excluding hydrogens is 414 g/mol. The van der Waals surface area contributed by atoms with Crippen molar-refractivity contribution in [3.8, 4) is 18.1 Å². The van der Waals surface area contributed by atoms with Gasteiger partial charge >= 0.3 is 59.1 Å². The first-order valence-electron chi connectivity index (χ1n) is 9.17. The van der Waals surface area contributed by atoms with E-state index >= 15 is 0 Å². The predicted molar refractivity (Wildman–Crippen MR) is 97.0 cm³/mol. The number of phenols is 1. The van der Waals surface area contributed by atoms with Crippen molar-refractivity contribution in [2.24, 2.45) is 17.3 Å². The van der Waals surface area contributed by atoms with E-state index in [9.17, 15) is 10.2 Å². The van der Waals surface area contributed by atoms with Crippen LogP contribution in [0.1, 0.15) is 56.1 Å². The van der Waals surface area contributed by atoms with Crippen molar-refractivity contribution in [2.75, 3.05) is 0 Å². The Hall–Kier alpha value is 0.410. The third-order valence-corrected chi connectivity index (χ3v) is 7.10. The Bertz CT molecular complexity index is 875. The Balaban J connectivity index is 0.000000542. The van der Waals surface area contributed by atoms with Gasteiger partial charge < -0.3 is 19.3 Å². The van der Waals surface area contributed by atoms with Gasteiger partial charge in [-0.15, -0.1) is 6.42 Å². The summed E-state index contributed by atoms with van der Waals surface area (Å²) in [5.74, 6) is 4.82. The van der Waals surface area contributed by atoms with Crippen LogP contribution in [0, 0.1) is 29.6 Å². The van der Waals surface area contributed by atoms with E-state index in [4.69, 9.17) is 23.9 Å². The molecule has 0 spiro atoms. The van der Waals surface area contributed by atoms with Crippen LogP contribution in [0.2, 0.25) is 0 Å². The number of aromatic hydroxyl groups is 1. The molecule has 0 radical (unpaired) electrons. The average molecular weight is 438 g/mol. The fraction of sp³-hybridized carbons (Fsp3) is 0.600. The first-order valence-corrected chi connectivity index (χ1v) is 10.5. The summed E-state index contributed by atoms with van der Waals surface area (Å²) in [6, 6.07) is 5.87. The molecule has 148 valence electrons. The van der Waals surface area contributed by atoms with Crippen molar-refractivity contribution >= 4 is 10.4 Å². The Kier molecular flexibility index (Phi) is 9.38. The summed E-state index contributed by atoms with van der Waals surface area (Å²) in [5.41, 5.74) is 1.69. The third-order valence-electron chi connectivity index (χ3n) is 7.10. The minimum absolute atomic E-state index is 0. The second kappa shape index (κ2) is 9.91. The fourth-order valence-electron chi connectivity index (χ4n) is 5.82. The van der Waals surface area contributed by atoms with Crippen molar-refractivity contribution in [2.45, 2.75) is 57.0 Å². The Morgan fingerprint density at radius 1 is 1.17 bits per heavy atom. The van der Waals surface area contributed by atoms with E-state index in [0.717, 1.165) is 38.5 Å². The zero-order valence-electron chi connectivity index (χ0n) is 17.2. The van der Waals surface area contributed by atoms with Crippen LogP contribution in [0.4, 0.5) is 0 Å². The van der Waals surface area contributed by atoms with E-state index in [1.165, 1.54) is 11.1 Å². The van der Waals surface area contributed by atoms with E-state index in [1.807, 2.05) is 12.1 Å². The van der Waals surface area contributed by atoms with Gasteiger partial charge in [-0.1, -0.05) is 18.9 Å². The zero-order valence-corrected chi connectivity index (χ0v) is 22.0. The number of rotatable bonds is 0. The summed E-state index contributed by atoms with van der Waals surface area (Å²) < 4.78 is 34.1.